The normalized spacial score (nSPS) is 12.1. The molecule has 1 aromatic heterocycles. The highest BCUT2D eigenvalue weighted by Gasteiger charge is 2.29. The van der Waals surface area contributed by atoms with Gasteiger partial charge in [0.25, 0.3) is 0 Å². The van der Waals surface area contributed by atoms with E-state index in [1.165, 1.54) is 6.26 Å². The number of ether oxygens (including phenoxy) is 1. The maximum atomic E-state index is 12.5. The zero-order chi connectivity index (χ0) is 16.8. The van der Waals surface area contributed by atoms with Crippen LogP contribution in [0, 0.1) is 0 Å². The fourth-order valence-corrected chi connectivity index (χ4v) is 2.44. The summed E-state index contributed by atoms with van der Waals surface area (Å²) in [6.07, 6.45) is -0.233. The van der Waals surface area contributed by atoms with Gasteiger partial charge in [-0.25, -0.2) is 10.7 Å². The lowest BCUT2D eigenvalue weighted by molar-refractivity contribution is -0.163. The second-order valence-corrected chi connectivity index (χ2v) is 5.17. The van der Waals surface area contributed by atoms with E-state index in [-0.39, 0.29) is 0 Å². The largest absolute Gasteiger partial charge is 0.466 e. The number of furan rings is 1. The van der Waals surface area contributed by atoms with Gasteiger partial charge in [-0.15, -0.1) is 0 Å². The van der Waals surface area contributed by atoms with Gasteiger partial charge in [0, 0.05) is 0 Å². The second-order valence-electron chi connectivity index (χ2n) is 5.17. The molecule has 5 heteroatoms. The van der Waals surface area contributed by atoms with Gasteiger partial charge in [0.2, 0.25) is 6.10 Å². The first kappa shape index (κ1) is 16.0. The summed E-state index contributed by atoms with van der Waals surface area (Å²) in [7, 11) is 0. The van der Waals surface area contributed by atoms with Crippen LogP contribution in [-0.4, -0.2) is 5.97 Å². The van der Waals surface area contributed by atoms with Crippen LogP contribution < -0.4 is 5.90 Å². The molecule has 0 radical (unpaired) electrons. The Bertz CT molecular complexity index is 717. The third-order valence-corrected chi connectivity index (χ3v) is 3.59. The molecule has 2 aromatic carbocycles. The lowest BCUT2D eigenvalue weighted by atomic mass is 10.0. The van der Waals surface area contributed by atoms with E-state index in [1.54, 1.807) is 12.1 Å². The molecular formula is C19H17NO4. The fraction of sp³-hybridized carbons (Fsp3) is 0.105. The van der Waals surface area contributed by atoms with E-state index in [0.717, 1.165) is 11.1 Å². The molecule has 3 aromatic rings. The van der Waals surface area contributed by atoms with Crippen LogP contribution in [0.1, 0.15) is 29.1 Å². The number of benzene rings is 2. The van der Waals surface area contributed by atoms with Gasteiger partial charge < -0.3 is 9.15 Å². The maximum Gasteiger partial charge on any atom is 0.346 e. The van der Waals surface area contributed by atoms with E-state index in [0.29, 0.717) is 5.76 Å². The molecule has 24 heavy (non-hydrogen) atoms. The number of nitrogens with two attached hydrogens (primary N) is 1. The average Bonchev–Trinajstić information content (AvgIpc) is 3.16. The van der Waals surface area contributed by atoms with Crippen LogP contribution in [0.2, 0.25) is 0 Å². The average molecular weight is 323 g/mol. The highest BCUT2D eigenvalue weighted by atomic mass is 16.7. The molecule has 0 bridgehead atoms. The molecule has 122 valence electrons. The smallest absolute Gasteiger partial charge is 0.346 e. The van der Waals surface area contributed by atoms with Gasteiger partial charge in [0.05, 0.1) is 6.26 Å². The van der Waals surface area contributed by atoms with Crippen LogP contribution in [0.3, 0.4) is 0 Å². The van der Waals surface area contributed by atoms with E-state index >= 15 is 0 Å². The Hall–Kier alpha value is -2.89. The Kier molecular flexibility index (Phi) is 5.05. The van der Waals surface area contributed by atoms with Gasteiger partial charge >= 0.3 is 5.97 Å². The summed E-state index contributed by atoms with van der Waals surface area (Å²) in [5.74, 6) is 4.93. The van der Waals surface area contributed by atoms with Crippen molar-refractivity contribution in [1.29, 1.82) is 0 Å². The van der Waals surface area contributed by atoms with Crippen LogP contribution in [0.4, 0.5) is 0 Å². The second kappa shape index (κ2) is 7.59. The van der Waals surface area contributed by atoms with Crippen molar-refractivity contribution >= 4 is 5.97 Å². The van der Waals surface area contributed by atoms with E-state index < -0.39 is 18.2 Å². The first-order valence-electron chi connectivity index (χ1n) is 7.49. The minimum atomic E-state index is -1.12. The number of carbonyl (C=O) groups is 1. The lowest BCUT2D eigenvalue weighted by Crippen LogP contribution is -2.23. The summed E-state index contributed by atoms with van der Waals surface area (Å²) in [6, 6.07) is 22.2. The van der Waals surface area contributed by atoms with Crippen LogP contribution in [0.5, 0.6) is 0 Å². The van der Waals surface area contributed by atoms with Crippen molar-refractivity contribution in [1.82, 2.24) is 0 Å². The quantitative estimate of drug-likeness (QED) is 0.555. The number of hydrogen-bond acceptors (Lipinski definition) is 5. The number of esters is 1. The zero-order valence-electron chi connectivity index (χ0n) is 12.9. The first-order valence-corrected chi connectivity index (χ1v) is 7.49. The molecule has 5 nitrogen and oxygen atoms in total. The summed E-state index contributed by atoms with van der Waals surface area (Å²) in [6.45, 7) is 0. The summed E-state index contributed by atoms with van der Waals surface area (Å²) in [5, 5.41) is 0. The first-order chi connectivity index (χ1) is 11.8. The molecule has 0 saturated carbocycles. The van der Waals surface area contributed by atoms with Gasteiger partial charge in [-0.2, -0.15) is 0 Å². The monoisotopic (exact) mass is 323 g/mol. The van der Waals surface area contributed by atoms with E-state index in [9.17, 15) is 4.79 Å². The van der Waals surface area contributed by atoms with Crippen molar-refractivity contribution in [2.75, 3.05) is 0 Å². The van der Waals surface area contributed by atoms with Gasteiger partial charge in [-0.3, -0.25) is 4.84 Å². The molecule has 0 amide bonds. The molecule has 0 fully saturated rings. The third kappa shape index (κ3) is 3.53. The van der Waals surface area contributed by atoms with Crippen molar-refractivity contribution in [3.63, 3.8) is 0 Å². The Balaban J connectivity index is 1.88. The minimum absolute atomic E-state index is 0.294. The molecule has 2 N–H and O–H groups in total. The highest BCUT2D eigenvalue weighted by molar-refractivity contribution is 5.76. The number of rotatable bonds is 6. The Morgan fingerprint density at radius 3 is 1.92 bits per heavy atom. The minimum Gasteiger partial charge on any atom is -0.466 e. The lowest BCUT2D eigenvalue weighted by Gasteiger charge is -2.21. The Morgan fingerprint density at radius 2 is 1.46 bits per heavy atom. The molecule has 0 spiro atoms. The topological polar surface area (TPSA) is 74.7 Å². The zero-order valence-corrected chi connectivity index (χ0v) is 12.9. The SMILES string of the molecule is NO[C@@H](C(=O)OC(c1ccccc1)c1ccccc1)c1ccco1. The standard InChI is InChI=1S/C19H17NO4/c20-24-18(16-12-7-13-22-16)19(21)23-17(14-8-3-1-4-9-14)15-10-5-2-6-11-15/h1-13,17-18H,20H2/t18-/m1/s1. The Labute approximate surface area is 139 Å². The van der Waals surface area contributed by atoms with Gasteiger partial charge in [0.1, 0.15) is 5.76 Å². The van der Waals surface area contributed by atoms with Crippen molar-refractivity contribution in [2.45, 2.75) is 12.2 Å². The molecule has 1 heterocycles. The predicted octanol–water partition coefficient (Wildman–Crippen LogP) is 3.54. The van der Waals surface area contributed by atoms with E-state index in [2.05, 4.69) is 0 Å². The predicted molar refractivity (Wildman–Crippen MR) is 87.5 cm³/mol. The van der Waals surface area contributed by atoms with Crippen LogP contribution >= 0.6 is 0 Å². The molecule has 3 rings (SSSR count). The van der Waals surface area contributed by atoms with Crippen molar-refractivity contribution < 1.29 is 18.8 Å². The van der Waals surface area contributed by atoms with E-state index in [1.807, 2.05) is 60.7 Å². The maximum absolute atomic E-state index is 12.5. The molecule has 1 atom stereocenters. The summed E-state index contributed by atoms with van der Waals surface area (Å²) >= 11 is 0. The molecule has 0 unspecified atom stereocenters. The third-order valence-electron chi connectivity index (χ3n) is 3.59. The number of carbonyl (C=O) groups excluding carboxylic acids is 1. The summed E-state index contributed by atoms with van der Waals surface area (Å²) in [4.78, 5) is 17.3. The van der Waals surface area contributed by atoms with E-state index in [4.69, 9.17) is 19.9 Å². The van der Waals surface area contributed by atoms with Gasteiger partial charge in [0.15, 0.2) is 6.10 Å². The molecule has 0 saturated heterocycles. The van der Waals surface area contributed by atoms with Crippen LogP contribution in [0.15, 0.2) is 83.5 Å². The van der Waals surface area contributed by atoms with Crippen molar-refractivity contribution in [2.24, 2.45) is 5.90 Å². The van der Waals surface area contributed by atoms with Gasteiger partial charge in [-0.1, -0.05) is 60.7 Å². The molecule has 0 aliphatic heterocycles. The molecular weight excluding hydrogens is 306 g/mol. The number of hydrogen-bond donors (Lipinski definition) is 1. The Morgan fingerprint density at radius 1 is 0.875 bits per heavy atom. The highest BCUT2D eigenvalue weighted by Crippen LogP contribution is 2.29. The van der Waals surface area contributed by atoms with Crippen molar-refractivity contribution in [3.05, 3.63) is 95.9 Å². The van der Waals surface area contributed by atoms with Crippen molar-refractivity contribution in [3.8, 4) is 0 Å². The van der Waals surface area contributed by atoms with Gasteiger partial charge in [-0.05, 0) is 23.3 Å². The summed E-state index contributed by atoms with van der Waals surface area (Å²) in [5.41, 5.74) is 1.71. The molecule has 0 aliphatic carbocycles. The fourth-order valence-electron chi connectivity index (χ4n) is 2.44. The summed E-state index contributed by atoms with van der Waals surface area (Å²) < 4.78 is 10.9. The van der Waals surface area contributed by atoms with Crippen LogP contribution in [-0.2, 0) is 14.4 Å². The van der Waals surface area contributed by atoms with Crippen LogP contribution in [0.25, 0.3) is 0 Å². The molecule has 0 aliphatic rings.